The van der Waals surface area contributed by atoms with Crippen molar-refractivity contribution in [1.29, 1.82) is 0 Å². The van der Waals surface area contributed by atoms with E-state index in [1.54, 1.807) is 18.2 Å². The second-order valence-corrected chi connectivity index (χ2v) is 6.99. The van der Waals surface area contributed by atoms with Crippen molar-refractivity contribution in [3.63, 3.8) is 0 Å². The lowest BCUT2D eigenvalue weighted by Crippen LogP contribution is -2.36. The van der Waals surface area contributed by atoms with E-state index in [1.165, 1.54) is 12.2 Å². The number of ether oxygens (including phenoxy) is 1. The van der Waals surface area contributed by atoms with Crippen LogP contribution >= 0.6 is 11.8 Å². The molecule has 4 nitrogen and oxygen atoms in total. The number of nitrogens with two attached hydrogens (primary N) is 1. The normalized spacial score (nSPS) is 21.7. The lowest BCUT2D eigenvalue weighted by molar-refractivity contribution is 0.0949. The van der Waals surface area contributed by atoms with Crippen LogP contribution in [0, 0.1) is 0 Å². The minimum absolute atomic E-state index is 0.0908. The largest absolute Gasteiger partial charge is 0.494 e. The van der Waals surface area contributed by atoms with E-state index in [4.69, 9.17) is 10.5 Å². The smallest absolute Gasteiger partial charge is 0.251 e. The summed E-state index contributed by atoms with van der Waals surface area (Å²) in [6.45, 7) is 5.35. The lowest BCUT2D eigenvalue weighted by Gasteiger charge is -2.22. The Balaban J connectivity index is 2.01. The Morgan fingerprint density at radius 1 is 1.50 bits per heavy atom. The van der Waals surface area contributed by atoms with Crippen LogP contribution in [0.2, 0.25) is 0 Å². The van der Waals surface area contributed by atoms with Crippen LogP contribution in [-0.2, 0) is 0 Å². The molecule has 1 heterocycles. The average Bonchev–Trinajstić information content (AvgIpc) is 2.83. The van der Waals surface area contributed by atoms with Gasteiger partial charge in [-0.05, 0) is 44.6 Å². The summed E-state index contributed by atoms with van der Waals surface area (Å²) in [4.78, 5) is 12.2. The van der Waals surface area contributed by atoms with Gasteiger partial charge >= 0.3 is 0 Å². The average molecular weight is 294 g/mol. The van der Waals surface area contributed by atoms with Crippen LogP contribution in [0.1, 0.15) is 37.0 Å². The van der Waals surface area contributed by atoms with Gasteiger partial charge in [0.05, 0.1) is 6.61 Å². The van der Waals surface area contributed by atoms with Crippen molar-refractivity contribution >= 4 is 23.4 Å². The maximum Gasteiger partial charge on any atom is 0.251 e. The van der Waals surface area contributed by atoms with E-state index in [-0.39, 0.29) is 10.7 Å². The van der Waals surface area contributed by atoms with E-state index < -0.39 is 0 Å². The molecule has 5 heteroatoms. The molecule has 1 aliphatic heterocycles. The third kappa shape index (κ3) is 3.82. The van der Waals surface area contributed by atoms with Crippen molar-refractivity contribution in [2.24, 2.45) is 0 Å². The van der Waals surface area contributed by atoms with Gasteiger partial charge in [-0.25, -0.2) is 0 Å². The topological polar surface area (TPSA) is 64.3 Å². The summed E-state index contributed by atoms with van der Waals surface area (Å²) in [5.41, 5.74) is 6.91. The number of anilines is 1. The molecule has 1 unspecified atom stereocenters. The van der Waals surface area contributed by atoms with Crippen molar-refractivity contribution in [2.45, 2.75) is 31.4 Å². The minimum atomic E-state index is -0.0908. The number of hydrogen-bond acceptors (Lipinski definition) is 4. The Kier molecular flexibility index (Phi) is 4.81. The summed E-state index contributed by atoms with van der Waals surface area (Å²) in [6.07, 6.45) is 2.38. The maximum atomic E-state index is 12.2. The van der Waals surface area contributed by atoms with E-state index in [0.717, 1.165) is 6.42 Å². The number of thioether (sulfide) groups is 1. The lowest BCUT2D eigenvalue weighted by atomic mass is 10.1. The molecule has 110 valence electrons. The Hall–Kier alpha value is -1.36. The van der Waals surface area contributed by atoms with Crippen LogP contribution in [0.3, 0.4) is 0 Å². The van der Waals surface area contributed by atoms with Gasteiger partial charge in [0.1, 0.15) is 5.75 Å². The second-order valence-electron chi connectivity index (χ2n) is 5.31. The number of rotatable bonds is 5. The van der Waals surface area contributed by atoms with Gasteiger partial charge in [-0.15, -0.1) is 0 Å². The van der Waals surface area contributed by atoms with Gasteiger partial charge in [0.25, 0.3) is 5.91 Å². The number of carbonyl (C=O) groups is 1. The Morgan fingerprint density at radius 3 is 2.95 bits per heavy atom. The first kappa shape index (κ1) is 15.0. The second kappa shape index (κ2) is 6.39. The van der Waals surface area contributed by atoms with E-state index in [0.29, 0.717) is 30.2 Å². The molecule has 0 aromatic heterocycles. The summed E-state index contributed by atoms with van der Waals surface area (Å²) >= 11 is 1.93. The number of amides is 1. The first-order valence-electron chi connectivity index (χ1n) is 6.98. The summed E-state index contributed by atoms with van der Waals surface area (Å²) in [5.74, 6) is 1.73. The van der Waals surface area contributed by atoms with Gasteiger partial charge in [-0.2, -0.15) is 11.8 Å². The zero-order chi connectivity index (χ0) is 14.6. The van der Waals surface area contributed by atoms with Gasteiger partial charge in [-0.1, -0.05) is 0 Å². The van der Waals surface area contributed by atoms with Gasteiger partial charge in [0.15, 0.2) is 0 Å². The van der Waals surface area contributed by atoms with Crippen molar-refractivity contribution in [3.05, 3.63) is 23.8 Å². The molecule has 1 saturated heterocycles. The molecule has 0 aliphatic carbocycles. The van der Waals surface area contributed by atoms with E-state index in [1.807, 2.05) is 18.7 Å². The third-order valence-electron chi connectivity index (χ3n) is 3.43. The monoisotopic (exact) mass is 294 g/mol. The molecule has 20 heavy (non-hydrogen) atoms. The highest BCUT2D eigenvalue weighted by Gasteiger charge is 2.29. The SMILES string of the molecule is CCOc1cc(N)cc(C(=O)NCC2(C)CCCS2)c1. The molecule has 0 saturated carbocycles. The first-order valence-corrected chi connectivity index (χ1v) is 7.96. The quantitative estimate of drug-likeness (QED) is 0.820. The fourth-order valence-electron chi connectivity index (χ4n) is 2.35. The summed E-state index contributed by atoms with van der Waals surface area (Å²) in [7, 11) is 0. The summed E-state index contributed by atoms with van der Waals surface area (Å²) in [5, 5.41) is 3.01. The van der Waals surface area contributed by atoms with Crippen LogP contribution in [0.4, 0.5) is 5.69 Å². The maximum absolute atomic E-state index is 12.2. The van der Waals surface area contributed by atoms with Crippen molar-refractivity contribution in [1.82, 2.24) is 5.32 Å². The number of benzene rings is 1. The van der Waals surface area contributed by atoms with E-state index >= 15 is 0 Å². The molecule has 1 fully saturated rings. The summed E-state index contributed by atoms with van der Waals surface area (Å²) in [6, 6.07) is 5.15. The number of hydrogen-bond donors (Lipinski definition) is 2. The minimum Gasteiger partial charge on any atom is -0.494 e. The zero-order valence-corrected chi connectivity index (χ0v) is 12.9. The van der Waals surface area contributed by atoms with Gasteiger partial charge in [-0.3, -0.25) is 4.79 Å². The van der Waals surface area contributed by atoms with Crippen LogP contribution in [0.5, 0.6) is 5.75 Å². The van der Waals surface area contributed by atoms with Gasteiger partial charge < -0.3 is 15.8 Å². The van der Waals surface area contributed by atoms with E-state index in [2.05, 4.69) is 12.2 Å². The van der Waals surface area contributed by atoms with Crippen LogP contribution in [0.15, 0.2) is 18.2 Å². The van der Waals surface area contributed by atoms with Gasteiger partial charge in [0, 0.05) is 28.6 Å². The fourth-order valence-corrected chi connectivity index (χ4v) is 3.59. The number of nitrogens with one attached hydrogen (secondary N) is 1. The van der Waals surface area contributed by atoms with E-state index in [9.17, 15) is 4.79 Å². The molecule has 1 aliphatic rings. The van der Waals surface area contributed by atoms with Gasteiger partial charge in [0.2, 0.25) is 0 Å². The molecule has 0 spiro atoms. The molecule has 0 bridgehead atoms. The molecule has 2 rings (SSSR count). The third-order valence-corrected chi connectivity index (χ3v) is 4.96. The molecule has 0 radical (unpaired) electrons. The van der Waals surface area contributed by atoms with Crippen molar-refractivity contribution in [2.75, 3.05) is 24.6 Å². The standard InChI is InChI=1S/C15H22N2O2S/c1-3-19-13-8-11(7-12(16)9-13)14(18)17-10-15(2)5-4-6-20-15/h7-9H,3-6,10,16H2,1-2H3,(H,17,18). The highest BCUT2D eigenvalue weighted by molar-refractivity contribution is 8.00. The fraction of sp³-hybridized carbons (Fsp3) is 0.533. The number of carbonyl (C=O) groups excluding carboxylic acids is 1. The predicted molar refractivity (Wildman–Crippen MR) is 84.5 cm³/mol. The zero-order valence-electron chi connectivity index (χ0n) is 12.1. The molecular weight excluding hydrogens is 272 g/mol. The highest BCUT2D eigenvalue weighted by atomic mass is 32.2. The predicted octanol–water partition coefficient (Wildman–Crippen LogP) is 2.68. The molecule has 1 aromatic carbocycles. The summed E-state index contributed by atoms with van der Waals surface area (Å²) < 4.78 is 5.58. The molecule has 1 amide bonds. The highest BCUT2D eigenvalue weighted by Crippen LogP contribution is 2.37. The molecule has 1 aromatic rings. The van der Waals surface area contributed by atoms with Crippen molar-refractivity contribution < 1.29 is 9.53 Å². The molecule has 3 N–H and O–H groups in total. The van der Waals surface area contributed by atoms with Crippen molar-refractivity contribution in [3.8, 4) is 5.75 Å². The van der Waals surface area contributed by atoms with Crippen LogP contribution in [0.25, 0.3) is 0 Å². The Bertz CT molecular complexity index is 485. The Labute approximate surface area is 124 Å². The molecular formula is C15H22N2O2S. The number of nitrogen functional groups attached to an aromatic ring is 1. The van der Waals surface area contributed by atoms with Crippen LogP contribution in [-0.4, -0.2) is 29.6 Å². The first-order chi connectivity index (χ1) is 9.52. The molecule has 1 atom stereocenters. The Morgan fingerprint density at radius 2 is 2.30 bits per heavy atom. The van der Waals surface area contributed by atoms with Crippen LogP contribution < -0.4 is 15.8 Å².